The number of rotatable bonds is 6. The van der Waals surface area contributed by atoms with Gasteiger partial charge >= 0.3 is 0 Å². The Hall–Kier alpha value is -2.44. The van der Waals surface area contributed by atoms with Crippen LogP contribution in [-0.4, -0.2) is 42.9 Å². The highest BCUT2D eigenvalue weighted by atomic mass is 79.9. The van der Waals surface area contributed by atoms with E-state index in [4.69, 9.17) is 0 Å². The number of carbonyl (C=O) groups is 1. The number of aromatic nitrogens is 1. The monoisotopic (exact) mass is 646 g/mol. The van der Waals surface area contributed by atoms with Gasteiger partial charge in [0.25, 0.3) is 5.91 Å². The summed E-state index contributed by atoms with van der Waals surface area (Å²) < 4.78 is 30.0. The number of halogens is 2. The molecular weight excluding hydrogens is 628 g/mol. The van der Waals surface area contributed by atoms with Crippen molar-refractivity contribution in [2.24, 2.45) is 5.10 Å². The average molecular weight is 648 g/mol. The van der Waals surface area contributed by atoms with E-state index in [1.165, 1.54) is 44.9 Å². The molecule has 0 atom stereocenters. The van der Waals surface area contributed by atoms with Crippen molar-refractivity contribution < 1.29 is 13.2 Å². The Balaban J connectivity index is 1.49. The second kappa shape index (κ2) is 10.5. The van der Waals surface area contributed by atoms with Crippen LogP contribution in [0.4, 0.5) is 5.13 Å². The molecule has 0 radical (unpaired) electrons. The third-order valence-corrected chi connectivity index (χ3v) is 9.64. The number of thiazole rings is 1. The van der Waals surface area contributed by atoms with Crippen molar-refractivity contribution in [3.05, 3.63) is 86.8 Å². The van der Waals surface area contributed by atoms with Gasteiger partial charge in [0.05, 0.1) is 21.3 Å². The van der Waals surface area contributed by atoms with Crippen molar-refractivity contribution in [1.82, 2.24) is 9.29 Å². The van der Waals surface area contributed by atoms with Crippen LogP contribution in [-0.2, 0) is 10.0 Å². The highest BCUT2D eigenvalue weighted by molar-refractivity contribution is 9.10. The van der Waals surface area contributed by atoms with E-state index in [0.29, 0.717) is 23.8 Å². The fraction of sp³-hybridized carbons (Fsp3) is 0.160. The Morgan fingerprint density at radius 3 is 2.33 bits per heavy atom. The van der Waals surface area contributed by atoms with Crippen LogP contribution in [0.3, 0.4) is 0 Å². The zero-order valence-electron chi connectivity index (χ0n) is 18.8. The zero-order chi connectivity index (χ0) is 25.3. The molecule has 1 aliphatic heterocycles. The summed E-state index contributed by atoms with van der Waals surface area (Å²) in [7, 11) is -3.56. The molecule has 0 spiro atoms. The Morgan fingerprint density at radius 2 is 1.64 bits per heavy atom. The Labute approximate surface area is 229 Å². The second-order valence-electron chi connectivity index (χ2n) is 8.16. The van der Waals surface area contributed by atoms with Crippen molar-refractivity contribution >= 4 is 80.7 Å². The third kappa shape index (κ3) is 5.30. The standard InChI is InChI=1S/C25H20Br2N4O3S2/c26-19-7-3-17(4-8-19)16-28-31(25-29-22-12-9-20(27)15-23(22)35-25)24(32)18-5-10-21(11-6-18)36(33,34)30-13-1-2-14-30/h3-12,15-16H,1-2,13-14H2/b28-16+. The van der Waals surface area contributed by atoms with Gasteiger partial charge in [-0.2, -0.15) is 14.4 Å². The first-order chi connectivity index (χ1) is 17.3. The van der Waals surface area contributed by atoms with E-state index in [1.54, 1.807) is 6.21 Å². The van der Waals surface area contributed by atoms with E-state index >= 15 is 0 Å². The molecule has 11 heteroatoms. The van der Waals surface area contributed by atoms with E-state index in [-0.39, 0.29) is 4.90 Å². The predicted molar refractivity (Wildman–Crippen MR) is 150 cm³/mol. The lowest BCUT2D eigenvalue weighted by atomic mass is 10.2. The molecule has 1 fully saturated rings. The minimum Gasteiger partial charge on any atom is -0.267 e. The lowest BCUT2D eigenvalue weighted by Crippen LogP contribution is -2.28. The summed E-state index contributed by atoms with van der Waals surface area (Å²) in [5.74, 6) is -0.411. The van der Waals surface area contributed by atoms with Crippen LogP contribution in [0.2, 0.25) is 0 Å². The Bertz CT molecular complexity index is 1550. The Kier molecular flexibility index (Phi) is 7.36. The van der Waals surface area contributed by atoms with Gasteiger partial charge in [-0.3, -0.25) is 4.79 Å². The molecule has 4 aromatic rings. The van der Waals surface area contributed by atoms with Crippen molar-refractivity contribution in [1.29, 1.82) is 0 Å². The number of carbonyl (C=O) groups excluding carboxylic acids is 1. The van der Waals surface area contributed by atoms with Crippen molar-refractivity contribution in [3.8, 4) is 0 Å². The first-order valence-corrected chi connectivity index (χ1v) is 15.0. The van der Waals surface area contributed by atoms with Gasteiger partial charge in [-0.1, -0.05) is 55.3 Å². The van der Waals surface area contributed by atoms with Gasteiger partial charge in [0.1, 0.15) is 0 Å². The molecule has 1 amide bonds. The Morgan fingerprint density at radius 1 is 0.972 bits per heavy atom. The van der Waals surface area contributed by atoms with Crippen LogP contribution in [0.25, 0.3) is 10.2 Å². The van der Waals surface area contributed by atoms with Crippen LogP contribution in [0.15, 0.2) is 85.7 Å². The molecule has 1 aromatic heterocycles. The quantitative estimate of drug-likeness (QED) is 0.182. The summed E-state index contributed by atoms with van der Waals surface area (Å²) in [6.07, 6.45) is 3.32. The molecule has 0 unspecified atom stereocenters. The van der Waals surface area contributed by atoms with E-state index in [9.17, 15) is 13.2 Å². The molecule has 0 bridgehead atoms. The van der Waals surface area contributed by atoms with Gasteiger partial charge in [0, 0.05) is 27.6 Å². The second-order valence-corrected chi connectivity index (χ2v) is 12.9. The third-order valence-electron chi connectivity index (χ3n) is 5.71. The van der Waals surface area contributed by atoms with E-state index in [0.717, 1.165) is 37.6 Å². The molecule has 0 N–H and O–H groups in total. The fourth-order valence-electron chi connectivity index (χ4n) is 3.81. The summed E-state index contributed by atoms with van der Waals surface area (Å²) in [5.41, 5.74) is 1.87. The van der Waals surface area contributed by atoms with Crippen LogP contribution >= 0.6 is 43.2 Å². The number of amides is 1. The fourth-order valence-corrected chi connectivity index (χ4v) is 7.06. The molecule has 2 heterocycles. The van der Waals surface area contributed by atoms with Crippen molar-refractivity contribution in [2.75, 3.05) is 18.1 Å². The smallest absolute Gasteiger partial charge is 0.267 e. The summed E-state index contributed by atoms with van der Waals surface area (Å²) in [6, 6.07) is 19.3. The van der Waals surface area contributed by atoms with E-state index < -0.39 is 15.9 Å². The average Bonchev–Trinajstić information content (AvgIpc) is 3.56. The van der Waals surface area contributed by atoms with Crippen LogP contribution in [0, 0.1) is 0 Å². The number of hydrazone groups is 1. The molecule has 1 aliphatic rings. The maximum Gasteiger partial charge on any atom is 0.280 e. The lowest BCUT2D eigenvalue weighted by Gasteiger charge is -2.16. The first-order valence-electron chi connectivity index (χ1n) is 11.1. The van der Waals surface area contributed by atoms with E-state index in [2.05, 4.69) is 41.9 Å². The molecular formula is C25H20Br2N4O3S2. The molecule has 5 rings (SSSR count). The van der Waals surface area contributed by atoms with Crippen LogP contribution in [0.5, 0.6) is 0 Å². The normalized spacial score (nSPS) is 14.6. The van der Waals surface area contributed by atoms with Gasteiger partial charge in [0.15, 0.2) is 0 Å². The van der Waals surface area contributed by atoms with Gasteiger partial charge in [-0.15, -0.1) is 0 Å². The summed E-state index contributed by atoms with van der Waals surface area (Å²) in [6.45, 7) is 1.05. The number of nitrogens with zero attached hydrogens (tertiary/aromatic N) is 4. The van der Waals surface area contributed by atoms with Crippen molar-refractivity contribution in [3.63, 3.8) is 0 Å². The van der Waals surface area contributed by atoms with Gasteiger partial charge < -0.3 is 0 Å². The molecule has 3 aromatic carbocycles. The minimum absolute atomic E-state index is 0.177. The van der Waals surface area contributed by atoms with E-state index in [1.807, 2.05) is 42.5 Å². The predicted octanol–water partition coefficient (Wildman–Crippen LogP) is 6.29. The number of hydrogen-bond donors (Lipinski definition) is 0. The molecule has 36 heavy (non-hydrogen) atoms. The molecule has 0 aliphatic carbocycles. The number of sulfonamides is 1. The molecule has 1 saturated heterocycles. The first kappa shape index (κ1) is 25.2. The maximum absolute atomic E-state index is 13.6. The topological polar surface area (TPSA) is 82.9 Å². The minimum atomic E-state index is -3.56. The maximum atomic E-state index is 13.6. The van der Waals surface area contributed by atoms with Gasteiger partial charge in [0.2, 0.25) is 15.2 Å². The highest BCUT2D eigenvalue weighted by Gasteiger charge is 2.28. The summed E-state index contributed by atoms with van der Waals surface area (Å²) in [5, 5.41) is 6.14. The number of hydrogen-bond acceptors (Lipinski definition) is 6. The molecule has 184 valence electrons. The zero-order valence-corrected chi connectivity index (χ0v) is 23.6. The SMILES string of the molecule is O=C(c1ccc(S(=O)(=O)N2CCCC2)cc1)N(/N=C/c1ccc(Br)cc1)c1nc2ccc(Br)cc2s1. The summed E-state index contributed by atoms with van der Waals surface area (Å²) in [4.78, 5) is 18.4. The van der Waals surface area contributed by atoms with Crippen molar-refractivity contribution in [2.45, 2.75) is 17.7 Å². The van der Waals surface area contributed by atoms with Gasteiger partial charge in [-0.25, -0.2) is 13.4 Å². The van der Waals surface area contributed by atoms with Gasteiger partial charge in [-0.05, 0) is 73.0 Å². The molecule has 0 saturated carbocycles. The summed E-state index contributed by atoms with van der Waals surface area (Å²) >= 11 is 8.23. The molecule has 7 nitrogen and oxygen atoms in total. The largest absolute Gasteiger partial charge is 0.280 e. The number of fused-ring (bicyclic) bond motifs is 1. The highest BCUT2D eigenvalue weighted by Crippen LogP contribution is 2.32. The number of benzene rings is 3. The van der Waals surface area contributed by atoms with Crippen LogP contribution in [0.1, 0.15) is 28.8 Å². The van der Waals surface area contributed by atoms with Crippen LogP contribution < -0.4 is 5.01 Å². The number of anilines is 1. The lowest BCUT2D eigenvalue weighted by molar-refractivity contribution is 0.0987.